The van der Waals surface area contributed by atoms with Gasteiger partial charge in [0.25, 0.3) is 0 Å². The highest BCUT2D eigenvalue weighted by atomic mass is 32.1. The van der Waals surface area contributed by atoms with Gasteiger partial charge in [0.1, 0.15) is 5.01 Å². The van der Waals surface area contributed by atoms with E-state index < -0.39 is 11.6 Å². The Morgan fingerprint density at radius 1 is 1.28 bits per heavy atom. The lowest BCUT2D eigenvalue weighted by atomic mass is 10.3. The molecule has 0 spiro atoms. The summed E-state index contributed by atoms with van der Waals surface area (Å²) in [6.45, 7) is 1.84. The van der Waals surface area contributed by atoms with Gasteiger partial charge in [-0.05, 0) is 6.92 Å². The predicted molar refractivity (Wildman–Crippen MR) is 67.9 cm³/mol. The van der Waals surface area contributed by atoms with Crippen molar-refractivity contribution in [3.05, 3.63) is 34.3 Å². The van der Waals surface area contributed by atoms with Crippen LogP contribution < -0.4 is 10.6 Å². The second kappa shape index (κ2) is 5.26. The van der Waals surface area contributed by atoms with Crippen LogP contribution in [-0.2, 0) is 0 Å². The standard InChI is InChI=1S/C11H12F2N4S/c1-6(11-15-3-4-18-11)16-10-8(13)5-7(12)9(14-2)17-10/h3-6H,1-2H3,(H2,14,16,17). The molecule has 0 fully saturated rings. The summed E-state index contributed by atoms with van der Waals surface area (Å²) in [5.74, 6) is -1.44. The lowest BCUT2D eigenvalue weighted by Gasteiger charge is -2.13. The average Bonchev–Trinajstić information content (AvgIpc) is 2.86. The Hall–Kier alpha value is -1.76. The van der Waals surface area contributed by atoms with Crippen molar-refractivity contribution in [2.75, 3.05) is 17.7 Å². The highest BCUT2D eigenvalue weighted by Crippen LogP contribution is 2.24. The number of hydrogen-bond acceptors (Lipinski definition) is 5. The van der Waals surface area contributed by atoms with E-state index in [1.54, 1.807) is 6.20 Å². The lowest BCUT2D eigenvalue weighted by Crippen LogP contribution is -2.11. The van der Waals surface area contributed by atoms with Crippen molar-refractivity contribution in [1.82, 2.24) is 9.97 Å². The van der Waals surface area contributed by atoms with Gasteiger partial charge in [0, 0.05) is 24.7 Å². The van der Waals surface area contributed by atoms with Crippen molar-refractivity contribution in [1.29, 1.82) is 0 Å². The number of nitrogens with zero attached hydrogens (tertiary/aromatic N) is 2. The van der Waals surface area contributed by atoms with Crippen molar-refractivity contribution in [2.45, 2.75) is 13.0 Å². The summed E-state index contributed by atoms with van der Waals surface area (Å²) < 4.78 is 26.8. The molecule has 2 N–H and O–H groups in total. The van der Waals surface area contributed by atoms with Gasteiger partial charge >= 0.3 is 0 Å². The summed E-state index contributed by atoms with van der Waals surface area (Å²) in [5.41, 5.74) is 0. The van der Waals surface area contributed by atoms with Crippen LogP contribution in [0.5, 0.6) is 0 Å². The molecule has 0 aromatic carbocycles. The third-order valence-corrected chi connectivity index (χ3v) is 3.30. The van der Waals surface area contributed by atoms with Crippen LogP contribution in [0.25, 0.3) is 0 Å². The molecule has 0 bridgehead atoms. The highest BCUT2D eigenvalue weighted by Gasteiger charge is 2.15. The molecule has 0 saturated heterocycles. The zero-order chi connectivity index (χ0) is 13.1. The molecule has 0 aliphatic heterocycles. The fourth-order valence-corrected chi connectivity index (χ4v) is 2.10. The quantitative estimate of drug-likeness (QED) is 0.896. The minimum Gasteiger partial charge on any atom is -0.371 e. The molecule has 1 atom stereocenters. The van der Waals surface area contributed by atoms with Crippen LogP contribution in [0, 0.1) is 11.6 Å². The van der Waals surface area contributed by atoms with E-state index in [1.807, 2.05) is 12.3 Å². The maximum atomic E-state index is 13.6. The number of anilines is 2. The zero-order valence-electron chi connectivity index (χ0n) is 9.87. The van der Waals surface area contributed by atoms with Gasteiger partial charge < -0.3 is 10.6 Å². The van der Waals surface area contributed by atoms with Crippen LogP contribution in [0.15, 0.2) is 17.6 Å². The molecule has 0 aliphatic carbocycles. The average molecular weight is 270 g/mol. The summed E-state index contributed by atoms with van der Waals surface area (Å²) in [7, 11) is 1.53. The highest BCUT2D eigenvalue weighted by molar-refractivity contribution is 7.09. The number of halogens is 2. The molecule has 2 rings (SSSR count). The summed E-state index contributed by atoms with van der Waals surface area (Å²) in [6.07, 6.45) is 1.67. The Balaban J connectivity index is 2.23. The Labute approximate surface area is 107 Å². The molecule has 0 aliphatic rings. The molecule has 96 valence electrons. The third-order valence-electron chi connectivity index (χ3n) is 2.34. The van der Waals surface area contributed by atoms with Crippen molar-refractivity contribution in [3.8, 4) is 0 Å². The second-order valence-electron chi connectivity index (χ2n) is 3.64. The normalized spacial score (nSPS) is 12.2. The first-order valence-electron chi connectivity index (χ1n) is 5.31. The second-order valence-corrected chi connectivity index (χ2v) is 4.56. The van der Waals surface area contributed by atoms with Crippen molar-refractivity contribution in [3.63, 3.8) is 0 Å². The van der Waals surface area contributed by atoms with Crippen molar-refractivity contribution < 1.29 is 8.78 Å². The summed E-state index contributed by atoms with van der Waals surface area (Å²) in [4.78, 5) is 7.96. The smallest absolute Gasteiger partial charge is 0.168 e. The molecule has 0 radical (unpaired) electrons. The Morgan fingerprint density at radius 2 is 2.00 bits per heavy atom. The molecule has 1 unspecified atom stereocenters. The molecule has 2 aromatic rings. The van der Waals surface area contributed by atoms with Gasteiger partial charge in [0.05, 0.1) is 6.04 Å². The topological polar surface area (TPSA) is 49.8 Å². The minimum atomic E-state index is -0.727. The molecule has 4 nitrogen and oxygen atoms in total. The van der Waals surface area contributed by atoms with E-state index in [0.29, 0.717) is 0 Å². The maximum Gasteiger partial charge on any atom is 0.168 e. The zero-order valence-corrected chi connectivity index (χ0v) is 10.7. The lowest BCUT2D eigenvalue weighted by molar-refractivity contribution is 0.577. The Morgan fingerprint density at radius 3 is 2.61 bits per heavy atom. The third kappa shape index (κ3) is 2.56. The SMILES string of the molecule is CNc1nc(NC(C)c2nccs2)c(F)cc1F. The van der Waals surface area contributed by atoms with E-state index in [1.165, 1.54) is 18.4 Å². The van der Waals surface area contributed by atoms with E-state index >= 15 is 0 Å². The summed E-state index contributed by atoms with van der Waals surface area (Å²) in [5, 5.41) is 8.08. The Bertz CT molecular complexity index is 530. The number of hydrogen-bond donors (Lipinski definition) is 2. The molecule has 2 heterocycles. The Kier molecular flexibility index (Phi) is 3.71. The van der Waals surface area contributed by atoms with Crippen LogP contribution in [-0.4, -0.2) is 17.0 Å². The molecular weight excluding hydrogens is 258 g/mol. The fraction of sp³-hybridized carbons (Fsp3) is 0.273. The van der Waals surface area contributed by atoms with Crippen LogP contribution in [0.3, 0.4) is 0 Å². The van der Waals surface area contributed by atoms with Crippen LogP contribution in [0.4, 0.5) is 20.4 Å². The van der Waals surface area contributed by atoms with E-state index in [4.69, 9.17) is 0 Å². The van der Waals surface area contributed by atoms with Gasteiger partial charge in [-0.3, -0.25) is 0 Å². The number of thiazole rings is 1. The maximum absolute atomic E-state index is 13.6. The molecule has 2 aromatic heterocycles. The summed E-state index contributed by atoms with van der Waals surface area (Å²) in [6, 6.07) is 0.609. The molecule has 0 saturated carbocycles. The predicted octanol–water partition coefficient (Wildman–Crippen LogP) is 3.03. The van der Waals surface area contributed by atoms with Gasteiger partial charge in [-0.25, -0.2) is 18.7 Å². The molecule has 18 heavy (non-hydrogen) atoms. The molecule has 0 amide bonds. The van der Waals surface area contributed by atoms with Crippen molar-refractivity contribution >= 4 is 23.0 Å². The first-order valence-corrected chi connectivity index (χ1v) is 6.19. The largest absolute Gasteiger partial charge is 0.371 e. The summed E-state index contributed by atoms with van der Waals surface area (Å²) >= 11 is 1.46. The number of aromatic nitrogens is 2. The van der Waals surface area contributed by atoms with Crippen LogP contribution in [0.1, 0.15) is 18.0 Å². The van der Waals surface area contributed by atoms with Gasteiger partial charge in [-0.15, -0.1) is 11.3 Å². The first kappa shape index (κ1) is 12.7. The molecule has 7 heteroatoms. The van der Waals surface area contributed by atoms with E-state index in [9.17, 15) is 8.78 Å². The monoisotopic (exact) mass is 270 g/mol. The fourth-order valence-electron chi connectivity index (χ4n) is 1.46. The van der Waals surface area contributed by atoms with E-state index in [0.717, 1.165) is 11.1 Å². The van der Waals surface area contributed by atoms with Gasteiger partial charge in [-0.2, -0.15) is 0 Å². The number of nitrogens with one attached hydrogen (secondary N) is 2. The molecular formula is C11H12F2N4S. The van der Waals surface area contributed by atoms with Gasteiger partial charge in [0.15, 0.2) is 23.3 Å². The minimum absolute atomic E-state index is 0.00319. The van der Waals surface area contributed by atoms with E-state index in [-0.39, 0.29) is 17.7 Å². The van der Waals surface area contributed by atoms with Crippen molar-refractivity contribution in [2.24, 2.45) is 0 Å². The van der Waals surface area contributed by atoms with E-state index in [2.05, 4.69) is 20.6 Å². The van der Waals surface area contributed by atoms with Crippen LogP contribution in [0.2, 0.25) is 0 Å². The number of pyridine rings is 1. The van der Waals surface area contributed by atoms with Gasteiger partial charge in [0.2, 0.25) is 0 Å². The first-order chi connectivity index (χ1) is 8.61. The number of rotatable bonds is 4. The van der Waals surface area contributed by atoms with Gasteiger partial charge in [-0.1, -0.05) is 0 Å². The van der Waals surface area contributed by atoms with Crippen LogP contribution >= 0.6 is 11.3 Å².